The molecule has 1 N–H and O–H groups in total. The van der Waals surface area contributed by atoms with Crippen LogP contribution in [0.5, 0.6) is 0 Å². The number of benzene rings is 3. The van der Waals surface area contributed by atoms with Crippen LogP contribution < -0.4 is 9.62 Å². The van der Waals surface area contributed by atoms with Crippen molar-refractivity contribution in [3.8, 4) is 0 Å². The topological polar surface area (TPSA) is 86.8 Å². The first-order valence-electron chi connectivity index (χ1n) is 13.4. The number of hydrogen-bond donors (Lipinski definition) is 1. The monoisotopic (exact) mass is 645 g/mol. The number of para-hydroxylation sites is 1. The summed E-state index contributed by atoms with van der Waals surface area (Å²) < 4.78 is 41.3. The fraction of sp³-hybridized carbons (Fsp3) is 0.355. The third kappa shape index (κ3) is 9.97. The van der Waals surface area contributed by atoms with E-state index >= 15 is 0 Å². The summed E-state index contributed by atoms with van der Waals surface area (Å²) in [6.07, 6.45) is 1.40. The average molecular weight is 647 g/mol. The van der Waals surface area contributed by atoms with Crippen LogP contribution in [0.2, 0.25) is 0 Å². The van der Waals surface area contributed by atoms with Crippen molar-refractivity contribution in [1.82, 2.24) is 10.2 Å². The highest BCUT2D eigenvalue weighted by Crippen LogP contribution is 2.23. The van der Waals surface area contributed by atoms with Crippen molar-refractivity contribution in [2.24, 2.45) is 0 Å². The Kier molecular flexibility index (Phi) is 11.1. The largest absolute Gasteiger partial charge is 0.350 e. The lowest BCUT2D eigenvalue weighted by Crippen LogP contribution is -2.54. The number of halogens is 2. The van der Waals surface area contributed by atoms with Gasteiger partial charge < -0.3 is 10.2 Å². The standard InChI is InChI=1S/C31H37BrFN3O4S/c1-31(2,3)34-30(38)28(21-23-12-6-5-7-13-23)35(22-24-14-10-15-25(32)20-24)29(37)18-11-19-36(41(4,39)40)27-17-9-8-16-26(27)33/h5-10,12-17,20,28H,11,18-19,21-22H2,1-4H3,(H,34,38)/t28-/m1/s1. The Bertz CT molecular complexity index is 1440. The predicted octanol–water partition coefficient (Wildman–Crippen LogP) is 5.69. The van der Waals surface area contributed by atoms with E-state index in [1.807, 2.05) is 75.4 Å². The number of rotatable bonds is 12. The molecule has 0 saturated heterocycles. The highest BCUT2D eigenvalue weighted by atomic mass is 79.9. The van der Waals surface area contributed by atoms with Crippen LogP contribution in [0.25, 0.3) is 0 Å². The van der Waals surface area contributed by atoms with Gasteiger partial charge in [0, 0.05) is 35.9 Å². The third-order valence-corrected chi connectivity index (χ3v) is 7.96. The van der Waals surface area contributed by atoms with Gasteiger partial charge in [0.15, 0.2) is 0 Å². The lowest BCUT2D eigenvalue weighted by atomic mass is 10.00. The van der Waals surface area contributed by atoms with Gasteiger partial charge in [0.1, 0.15) is 11.9 Å². The van der Waals surface area contributed by atoms with E-state index in [4.69, 9.17) is 0 Å². The van der Waals surface area contributed by atoms with E-state index in [0.717, 1.165) is 26.2 Å². The minimum absolute atomic E-state index is 0.0391. The maximum absolute atomic E-state index is 14.5. The molecule has 0 bridgehead atoms. The molecule has 10 heteroatoms. The molecule has 0 aromatic heterocycles. The van der Waals surface area contributed by atoms with E-state index in [1.54, 1.807) is 11.0 Å². The molecule has 3 aromatic carbocycles. The van der Waals surface area contributed by atoms with Gasteiger partial charge in [-0.25, -0.2) is 12.8 Å². The molecule has 1 atom stereocenters. The van der Waals surface area contributed by atoms with E-state index in [2.05, 4.69) is 21.2 Å². The molecule has 0 fully saturated rings. The van der Waals surface area contributed by atoms with Crippen molar-refractivity contribution in [2.75, 3.05) is 17.1 Å². The van der Waals surface area contributed by atoms with Crippen molar-refractivity contribution in [3.63, 3.8) is 0 Å². The molecule has 3 rings (SSSR count). The van der Waals surface area contributed by atoms with Crippen LogP contribution in [0.4, 0.5) is 10.1 Å². The molecule has 0 aliphatic carbocycles. The van der Waals surface area contributed by atoms with E-state index in [-0.39, 0.29) is 43.4 Å². The first-order chi connectivity index (χ1) is 19.2. The highest BCUT2D eigenvalue weighted by Gasteiger charge is 2.32. The number of nitrogens with zero attached hydrogens (tertiary/aromatic N) is 2. The molecule has 0 aliphatic rings. The average Bonchev–Trinajstić information content (AvgIpc) is 2.88. The molecule has 0 radical (unpaired) electrons. The molecule has 7 nitrogen and oxygen atoms in total. The van der Waals surface area contributed by atoms with Crippen LogP contribution in [0.1, 0.15) is 44.7 Å². The molecule has 2 amide bonds. The molecular formula is C31H37BrFN3O4S. The van der Waals surface area contributed by atoms with Crippen molar-refractivity contribution < 1.29 is 22.4 Å². The first-order valence-corrected chi connectivity index (χ1v) is 16.0. The minimum Gasteiger partial charge on any atom is -0.350 e. The van der Waals surface area contributed by atoms with E-state index in [1.165, 1.54) is 18.2 Å². The van der Waals surface area contributed by atoms with Crippen LogP contribution in [-0.2, 0) is 32.6 Å². The van der Waals surface area contributed by atoms with Gasteiger partial charge in [0.2, 0.25) is 21.8 Å². The summed E-state index contributed by atoms with van der Waals surface area (Å²) in [5.74, 6) is -1.26. The number of carbonyl (C=O) groups is 2. The lowest BCUT2D eigenvalue weighted by Gasteiger charge is -2.34. The second-order valence-electron chi connectivity index (χ2n) is 11.0. The summed E-state index contributed by atoms with van der Waals surface area (Å²) >= 11 is 3.48. The fourth-order valence-electron chi connectivity index (χ4n) is 4.48. The van der Waals surface area contributed by atoms with Crippen LogP contribution in [-0.4, -0.2) is 49.5 Å². The zero-order chi connectivity index (χ0) is 30.2. The summed E-state index contributed by atoms with van der Waals surface area (Å²) in [7, 11) is -3.80. The second-order valence-corrected chi connectivity index (χ2v) is 13.8. The predicted molar refractivity (Wildman–Crippen MR) is 164 cm³/mol. The number of sulfonamides is 1. The van der Waals surface area contributed by atoms with Gasteiger partial charge in [-0.1, -0.05) is 70.5 Å². The van der Waals surface area contributed by atoms with Crippen LogP contribution >= 0.6 is 15.9 Å². The molecule has 0 spiro atoms. The van der Waals surface area contributed by atoms with Crippen molar-refractivity contribution >= 4 is 43.5 Å². The number of carbonyl (C=O) groups excluding carboxylic acids is 2. The zero-order valence-corrected chi connectivity index (χ0v) is 26.2. The Balaban J connectivity index is 1.91. The van der Waals surface area contributed by atoms with Crippen molar-refractivity contribution in [1.29, 1.82) is 0 Å². The van der Waals surface area contributed by atoms with Crippen molar-refractivity contribution in [2.45, 2.75) is 58.2 Å². The molecule has 3 aromatic rings. The highest BCUT2D eigenvalue weighted by molar-refractivity contribution is 9.10. The Morgan fingerprint density at radius 1 is 0.951 bits per heavy atom. The number of nitrogens with one attached hydrogen (secondary N) is 1. The molecule has 0 aliphatic heterocycles. The quantitative estimate of drug-likeness (QED) is 0.274. The van der Waals surface area contributed by atoms with Crippen LogP contribution in [0, 0.1) is 5.82 Å². The summed E-state index contributed by atoms with van der Waals surface area (Å²) in [4.78, 5) is 29.1. The summed E-state index contributed by atoms with van der Waals surface area (Å²) in [6, 6.07) is 21.8. The Morgan fingerprint density at radius 2 is 1.59 bits per heavy atom. The third-order valence-electron chi connectivity index (χ3n) is 6.28. The van der Waals surface area contributed by atoms with E-state index in [9.17, 15) is 22.4 Å². The van der Waals surface area contributed by atoms with Gasteiger partial charge in [0.25, 0.3) is 0 Å². The van der Waals surface area contributed by atoms with Gasteiger partial charge in [0.05, 0.1) is 11.9 Å². The molecule has 0 heterocycles. The molecule has 0 unspecified atom stereocenters. The lowest BCUT2D eigenvalue weighted by molar-refractivity contribution is -0.142. The second kappa shape index (κ2) is 14.1. The molecule has 41 heavy (non-hydrogen) atoms. The van der Waals surface area contributed by atoms with Gasteiger partial charge in [-0.2, -0.15) is 0 Å². The van der Waals surface area contributed by atoms with E-state index in [0.29, 0.717) is 6.42 Å². The normalized spacial score (nSPS) is 12.4. The Hall–Kier alpha value is -3.24. The van der Waals surface area contributed by atoms with Crippen LogP contribution in [0.15, 0.2) is 83.3 Å². The molecule has 220 valence electrons. The van der Waals surface area contributed by atoms with Gasteiger partial charge >= 0.3 is 0 Å². The molecular weight excluding hydrogens is 609 g/mol. The zero-order valence-electron chi connectivity index (χ0n) is 23.8. The van der Waals surface area contributed by atoms with Crippen molar-refractivity contribution in [3.05, 3.63) is 100 Å². The number of anilines is 1. The molecule has 0 saturated carbocycles. The minimum atomic E-state index is -3.80. The van der Waals surface area contributed by atoms with Crippen LogP contribution in [0.3, 0.4) is 0 Å². The van der Waals surface area contributed by atoms with Gasteiger partial charge in [-0.05, 0) is 62.6 Å². The maximum atomic E-state index is 14.5. The SMILES string of the molecule is CC(C)(C)NC(=O)[C@@H](Cc1ccccc1)N(Cc1cccc(Br)c1)C(=O)CCCN(c1ccccc1F)S(C)(=O)=O. The number of hydrogen-bond acceptors (Lipinski definition) is 4. The van der Waals surface area contributed by atoms with Gasteiger partial charge in [-0.3, -0.25) is 13.9 Å². The van der Waals surface area contributed by atoms with Gasteiger partial charge in [-0.15, -0.1) is 0 Å². The fourth-order valence-corrected chi connectivity index (χ4v) is 5.89. The summed E-state index contributed by atoms with van der Waals surface area (Å²) in [5.41, 5.74) is 1.14. The Labute approximate surface area is 250 Å². The first kappa shape index (κ1) is 32.3. The Morgan fingerprint density at radius 3 is 2.20 bits per heavy atom. The smallest absolute Gasteiger partial charge is 0.243 e. The van der Waals surface area contributed by atoms with E-state index < -0.39 is 27.4 Å². The number of amides is 2. The summed E-state index contributed by atoms with van der Waals surface area (Å²) in [5, 5.41) is 3.02. The maximum Gasteiger partial charge on any atom is 0.243 e. The summed E-state index contributed by atoms with van der Waals surface area (Å²) in [6.45, 7) is 5.73.